The number of primary amides is 1. The minimum absolute atomic E-state index is 0.0382. The van der Waals surface area contributed by atoms with E-state index in [1.54, 1.807) is 7.05 Å². The molecule has 2 heterocycles. The molecule has 0 radical (unpaired) electrons. The van der Waals surface area contributed by atoms with Crippen molar-refractivity contribution in [3.8, 4) is 0 Å². The number of sulfonamides is 1. The van der Waals surface area contributed by atoms with Crippen LogP contribution in [0.15, 0.2) is 41.4 Å². The van der Waals surface area contributed by atoms with Gasteiger partial charge in [0.2, 0.25) is 15.9 Å². The second kappa shape index (κ2) is 8.38. The van der Waals surface area contributed by atoms with Gasteiger partial charge in [0.1, 0.15) is 10.6 Å². The summed E-state index contributed by atoms with van der Waals surface area (Å²) in [6.07, 6.45) is 2.29. The Morgan fingerprint density at radius 3 is 2.45 bits per heavy atom. The molecular formula is C20H26N4O4S. The van der Waals surface area contributed by atoms with Crippen LogP contribution in [0.4, 0.5) is 0 Å². The van der Waals surface area contributed by atoms with E-state index >= 15 is 0 Å². The second-order valence-corrected chi connectivity index (χ2v) is 9.30. The fourth-order valence-corrected chi connectivity index (χ4v) is 5.10. The Balaban J connectivity index is 1.59. The Morgan fingerprint density at radius 1 is 1.21 bits per heavy atom. The summed E-state index contributed by atoms with van der Waals surface area (Å²) >= 11 is 0. The fourth-order valence-electron chi connectivity index (χ4n) is 3.56. The first kappa shape index (κ1) is 21.1. The molecule has 1 saturated heterocycles. The van der Waals surface area contributed by atoms with Crippen LogP contribution in [-0.2, 0) is 28.4 Å². The quantitative estimate of drug-likeness (QED) is 0.732. The molecular weight excluding hydrogens is 392 g/mol. The molecule has 0 saturated carbocycles. The van der Waals surface area contributed by atoms with Crippen molar-refractivity contribution in [3.05, 3.63) is 53.3 Å². The Kier molecular flexibility index (Phi) is 6.09. The van der Waals surface area contributed by atoms with Gasteiger partial charge in [-0.15, -0.1) is 0 Å². The minimum atomic E-state index is -3.73. The van der Waals surface area contributed by atoms with Crippen LogP contribution in [0.1, 0.15) is 34.5 Å². The molecule has 1 aliphatic rings. The van der Waals surface area contributed by atoms with Crippen molar-refractivity contribution < 1.29 is 18.0 Å². The number of piperidine rings is 1. The molecule has 2 amide bonds. The van der Waals surface area contributed by atoms with Crippen molar-refractivity contribution in [2.24, 2.45) is 18.7 Å². The minimum Gasteiger partial charge on any atom is -0.364 e. The van der Waals surface area contributed by atoms with Crippen LogP contribution in [0.5, 0.6) is 0 Å². The van der Waals surface area contributed by atoms with Gasteiger partial charge < -0.3 is 15.6 Å². The van der Waals surface area contributed by atoms with E-state index in [1.807, 2.05) is 31.2 Å². The first-order chi connectivity index (χ1) is 13.7. The molecule has 156 valence electrons. The molecule has 1 aromatic carbocycles. The molecule has 1 aliphatic heterocycles. The van der Waals surface area contributed by atoms with Gasteiger partial charge in [0.15, 0.2) is 0 Å². The number of nitrogens with zero attached hydrogens (tertiary/aromatic N) is 2. The van der Waals surface area contributed by atoms with E-state index in [9.17, 15) is 18.0 Å². The number of hydrogen-bond donors (Lipinski definition) is 2. The maximum atomic E-state index is 12.9. The largest absolute Gasteiger partial charge is 0.364 e. The van der Waals surface area contributed by atoms with Crippen molar-refractivity contribution in [1.29, 1.82) is 0 Å². The van der Waals surface area contributed by atoms with E-state index in [1.165, 1.54) is 21.1 Å². The third-order valence-electron chi connectivity index (χ3n) is 5.41. The lowest BCUT2D eigenvalue weighted by Crippen LogP contribution is -2.42. The van der Waals surface area contributed by atoms with E-state index in [0.717, 1.165) is 11.1 Å². The number of nitrogens with two attached hydrogens (primary N) is 1. The smallest absolute Gasteiger partial charge is 0.265 e. The maximum absolute atomic E-state index is 12.9. The Bertz CT molecular complexity index is 1020. The third kappa shape index (κ3) is 4.51. The zero-order chi connectivity index (χ0) is 21.2. The molecule has 3 N–H and O–H groups in total. The average Bonchev–Trinajstić information content (AvgIpc) is 3.10. The summed E-state index contributed by atoms with van der Waals surface area (Å²) in [5.41, 5.74) is 7.58. The third-order valence-corrected chi connectivity index (χ3v) is 7.27. The predicted octanol–water partition coefficient (Wildman–Crippen LogP) is 1.15. The van der Waals surface area contributed by atoms with Gasteiger partial charge in [-0.05, 0) is 37.0 Å². The predicted molar refractivity (Wildman–Crippen MR) is 108 cm³/mol. The zero-order valence-corrected chi connectivity index (χ0v) is 17.4. The highest BCUT2D eigenvalue weighted by Gasteiger charge is 2.33. The molecule has 8 nitrogen and oxygen atoms in total. The molecule has 3 rings (SSSR count). The van der Waals surface area contributed by atoms with Crippen molar-refractivity contribution in [2.45, 2.75) is 31.2 Å². The van der Waals surface area contributed by atoms with Gasteiger partial charge in [-0.3, -0.25) is 9.59 Å². The molecule has 0 unspecified atom stereocenters. The van der Waals surface area contributed by atoms with E-state index in [2.05, 4.69) is 5.32 Å². The van der Waals surface area contributed by atoms with Gasteiger partial charge in [-0.2, -0.15) is 4.31 Å². The second-order valence-electron chi connectivity index (χ2n) is 7.36. The SMILES string of the molecule is Cc1ccccc1CNC(=O)C1CCN(S(=O)(=O)c2cc(C(N)=O)n(C)c2)CC1. The summed E-state index contributed by atoms with van der Waals surface area (Å²) in [4.78, 5) is 23.9. The standard InChI is InChI=1S/C20H26N4O4S/c1-14-5-3-4-6-16(14)12-22-20(26)15-7-9-24(10-8-15)29(27,28)17-11-18(19(21)25)23(2)13-17/h3-6,11,13,15H,7-10,12H2,1-2H3,(H2,21,25)(H,22,26). The summed E-state index contributed by atoms with van der Waals surface area (Å²) in [6, 6.07) is 9.16. The number of carbonyl (C=O) groups excluding carboxylic acids is 2. The van der Waals surface area contributed by atoms with Crippen LogP contribution in [-0.4, -0.2) is 42.2 Å². The van der Waals surface area contributed by atoms with E-state index in [-0.39, 0.29) is 35.5 Å². The number of rotatable bonds is 6. The summed E-state index contributed by atoms with van der Waals surface area (Å²) in [6.45, 7) is 2.97. The summed E-state index contributed by atoms with van der Waals surface area (Å²) < 4.78 is 28.5. The lowest BCUT2D eigenvalue weighted by Gasteiger charge is -2.30. The first-order valence-corrected chi connectivity index (χ1v) is 10.9. The lowest BCUT2D eigenvalue weighted by molar-refractivity contribution is -0.126. The monoisotopic (exact) mass is 418 g/mol. The molecule has 0 aliphatic carbocycles. The normalized spacial score (nSPS) is 15.9. The Labute approximate surface area is 170 Å². The average molecular weight is 419 g/mol. The van der Waals surface area contributed by atoms with E-state index in [0.29, 0.717) is 19.4 Å². The maximum Gasteiger partial charge on any atom is 0.265 e. The topological polar surface area (TPSA) is 114 Å². The summed E-state index contributed by atoms with van der Waals surface area (Å²) in [5, 5.41) is 2.96. The van der Waals surface area contributed by atoms with Gasteiger partial charge >= 0.3 is 0 Å². The van der Waals surface area contributed by atoms with Crippen LogP contribution in [0.2, 0.25) is 0 Å². The molecule has 2 aromatic rings. The van der Waals surface area contributed by atoms with Crippen molar-refractivity contribution in [2.75, 3.05) is 13.1 Å². The number of benzene rings is 1. The summed E-state index contributed by atoms with van der Waals surface area (Å²) in [5.74, 6) is -0.957. The van der Waals surface area contributed by atoms with Crippen molar-refractivity contribution in [3.63, 3.8) is 0 Å². The van der Waals surface area contributed by atoms with Crippen LogP contribution < -0.4 is 11.1 Å². The van der Waals surface area contributed by atoms with Crippen molar-refractivity contribution in [1.82, 2.24) is 14.2 Å². The molecule has 0 atom stereocenters. The highest BCUT2D eigenvalue weighted by molar-refractivity contribution is 7.89. The van der Waals surface area contributed by atoms with Gasteiger partial charge in [0.05, 0.1) is 0 Å². The summed E-state index contributed by atoms with van der Waals surface area (Å²) in [7, 11) is -2.16. The fraction of sp³-hybridized carbons (Fsp3) is 0.400. The molecule has 1 aromatic heterocycles. The van der Waals surface area contributed by atoms with Gasteiger partial charge in [0.25, 0.3) is 5.91 Å². The number of hydrogen-bond acceptors (Lipinski definition) is 4. The highest BCUT2D eigenvalue weighted by atomic mass is 32.2. The molecule has 0 spiro atoms. The number of amides is 2. The van der Waals surface area contributed by atoms with E-state index in [4.69, 9.17) is 5.73 Å². The first-order valence-electron chi connectivity index (χ1n) is 9.48. The Hall–Kier alpha value is -2.65. The van der Waals surface area contributed by atoms with Crippen LogP contribution in [0, 0.1) is 12.8 Å². The molecule has 1 fully saturated rings. The molecule has 0 bridgehead atoms. The van der Waals surface area contributed by atoms with Crippen LogP contribution in [0.25, 0.3) is 0 Å². The van der Waals surface area contributed by atoms with Crippen molar-refractivity contribution >= 4 is 21.8 Å². The van der Waals surface area contributed by atoms with Gasteiger partial charge in [-0.25, -0.2) is 8.42 Å². The Morgan fingerprint density at radius 2 is 1.86 bits per heavy atom. The van der Waals surface area contributed by atoms with Gasteiger partial charge in [-0.1, -0.05) is 24.3 Å². The number of aromatic nitrogens is 1. The number of aryl methyl sites for hydroxylation is 2. The van der Waals surface area contributed by atoms with E-state index < -0.39 is 15.9 Å². The molecule has 9 heteroatoms. The lowest BCUT2D eigenvalue weighted by atomic mass is 9.97. The van der Waals surface area contributed by atoms with Gasteiger partial charge in [0, 0.05) is 38.8 Å². The van der Waals surface area contributed by atoms with Crippen LogP contribution >= 0.6 is 0 Å². The number of carbonyl (C=O) groups is 2. The number of nitrogens with one attached hydrogen (secondary N) is 1. The zero-order valence-electron chi connectivity index (χ0n) is 16.6. The van der Waals surface area contributed by atoms with Crippen LogP contribution in [0.3, 0.4) is 0 Å². The highest BCUT2D eigenvalue weighted by Crippen LogP contribution is 2.25. The molecule has 29 heavy (non-hydrogen) atoms.